The van der Waals surface area contributed by atoms with Crippen LogP contribution in [0.4, 0.5) is 0 Å². The van der Waals surface area contributed by atoms with Crippen LogP contribution in [0, 0.1) is 13.8 Å². The molecule has 0 aliphatic rings. The fraction of sp³-hybridized carbons (Fsp3) is 0.625. The van der Waals surface area contributed by atoms with Crippen molar-refractivity contribution in [1.29, 1.82) is 0 Å². The Labute approximate surface area is 129 Å². The molecular formula is C16H28O4Si. The number of ether oxygens (including phenoxy) is 1. The molecule has 4 nitrogen and oxygen atoms in total. The van der Waals surface area contributed by atoms with Gasteiger partial charge < -0.3 is 18.0 Å². The minimum Gasteiger partial charge on any atom is -0.497 e. The van der Waals surface area contributed by atoms with Gasteiger partial charge in [0.2, 0.25) is 0 Å². The molecule has 21 heavy (non-hydrogen) atoms. The second kappa shape index (κ2) is 8.53. The zero-order valence-electron chi connectivity index (χ0n) is 14.1. The van der Waals surface area contributed by atoms with Crippen molar-refractivity contribution in [3.8, 4) is 5.75 Å². The number of aryl methyl sites for hydroxylation is 1. The Morgan fingerprint density at radius 3 is 1.86 bits per heavy atom. The van der Waals surface area contributed by atoms with E-state index in [0.717, 1.165) is 5.75 Å². The Hall–Kier alpha value is -0.883. The van der Waals surface area contributed by atoms with Gasteiger partial charge in [0.25, 0.3) is 0 Å². The largest absolute Gasteiger partial charge is 0.505 e. The molecule has 0 heterocycles. The first-order valence-corrected chi connectivity index (χ1v) is 9.51. The molecule has 0 unspecified atom stereocenters. The predicted octanol–water partition coefficient (Wildman–Crippen LogP) is 3.44. The summed E-state index contributed by atoms with van der Waals surface area (Å²) in [6, 6.07) is 4.78. The number of benzene rings is 1. The molecule has 1 aromatic carbocycles. The fourth-order valence-corrected chi connectivity index (χ4v) is 5.08. The van der Waals surface area contributed by atoms with Gasteiger partial charge in [0.15, 0.2) is 0 Å². The van der Waals surface area contributed by atoms with E-state index in [-0.39, 0.29) is 0 Å². The molecule has 0 aliphatic heterocycles. The summed E-state index contributed by atoms with van der Waals surface area (Å²) >= 11 is 0. The summed E-state index contributed by atoms with van der Waals surface area (Å²) in [4.78, 5) is 0. The van der Waals surface area contributed by atoms with Crippen LogP contribution in [0.25, 0.3) is 0 Å². The van der Waals surface area contributed by atoms with E-state index in [4.69, 9.17) is 18.0 Å². The molecular weight excluding hydrogens is 284 g/mol. The average molecular weight is 312 g/mol. The van der Waals surface area contributed by atoms with Crippen molar-refractivity contribution in [3.63, 3.8) is 0 Å². The minimum atomic E-state index is -2.68. The Kier molecular flexibility index (Phi) is 7.38. The summed E-state index contributed by atoms with van der Waals surface area (Å²) in [6.45, 7) is 11.9. The minimum absolute atomic E-state index is 0.591. The van der Waals surface area contributed by atoms with E-state index in [1.807, 2.05) is 26.8 Å². The smallest absolute Gasteiger partial charge is 0.497 e. The van der Waals surface area contributed by atoms with Gasteiger partial charge in [-0.1, -0.05) is 0 Å². The van der Waals surface area contributed by atoms with E-state index in [2.05, 4.69) is 19.9 Å². The second-order valence-electron chi connectivity index (χ2n) is 4.89. The summed E-state index contributed by atoms with van der Waals surface area (Å²) in [6.07, 6.45) is 0. The van der Waals surface area contributed by atoms with Gasteiger partial charge in [0, 0.05) is 25.9 Å². The van der Waals surface area contributed by atoms with Gasteiger partial charge in [-0.25, -0.2) is 0 Å². The van der Waals surface area contributed by atoms with E-state index >= 15 is 0 Å². The van der Waals surface area contributed by atoms with Gasteiger partial charge in [0.1, 0.15) is 5.75 Å². The van der Waals surface area contributed by atoms with Crippen LogP contribution in [-0.2, 0) is 19.3 Å². The maximum Gasteiger partial charge on any atom is 0.505 e. The molecule has 120 valence electrons. The zero-order valence-corrected chi connectivity index (χ0v) is 15.1. The highest BCUT2D eigenvalue weighted by Gasteiger charge is 2.41. The Bertz CT molecular complexity index is 431. The molecule has 0 fully saturated rings. The van der Waals surface area contributed by atoms with E-state index < -0.39 is 8.80 Å². The highest BCUT2D eigenvalue weighted by Crippen LogP contribution is 2.26. The van der Waals surface area contributed by atoms with Crippen LogP contribution in [-0.4, -0.2) is 35.7 Å². The van der Waals surface area contributed by atoms with Gasteiger partial charge in [0.05, 0.1) is 7.11 Å². The SMILES string of the molecule is CCO[Si](Cc1cc(OC)cc(C)c1C)(OCC)OCC. The first-order chi connectivity index (χ1) is 10.0. The normalized spacial score (nSPS) is 11.7. The molecule has 5 heteroatoms. The molecule has 0 aliphatic carbocycles. The summed E-state index contributed by atoms with van der Waals surface area (Å²) < 4.78 is 23.2. The average Bonchev–Trinajstić information content (AvgIpc) is 2.44. The molecule has 0 atom stereocenters. The molecule has 0 aromatic heterocycles. The molecule has 0 spiro atoms. The van der Waals surface area contributed by atoms with E-state index in [9.17, 15) is 0 Å². The highest BCUT2D eigenvalue weighted by atomic mass is 28.4. The van der Waals surface area contributed by atoms with Crippen molar-refractivity contribution in [1.82, 2.24) is 0 Å². The van der Waals surface area contributed by atoms with Gasteiger partial charge >= 0.3 is 8.80 Å². The first-order valence-electron chi connectivity index (χ1n) is 7.57. The zero-order chi connectivity index (χ0) is 15.9. The van der Waals surface area contributed by atoms with Crippen LogP contribution in [0.5, 0.6) is 5.75 Å². The van der Waals surface area contributed by atoms with Crippen LogP contribution in [0.15, 0.2) is 12.1 Å². The Morgan fingerprint density at radius 2 is 1.43 bits per heavy atom. The topological polar surface area (TPSA) is 36.9 Å². The third kappa shape index (κ3) is 4.81. The van der Waals surface area contributed by atoms with Crippen molar-refractivity contribution < 1.29 is 18.0 Å². The predicted molar refractivity (Wildman–Crippen MR) is 86.8 cm³/mol. The van der Waals surface area contributed by atoms with Crippen LogP contribution < -0.4 is 4.74 Å². The van der Waals surface area contributed by atoms with Crippen LogP contribution in [0.3, 0.4) is 0 Å². The summed E-state index contributed by atoms with van der Waals surface area (Å²) in [5.74, 6) is 0.862. The van der Waals surface area contributed by atoms with Gasteiger partial charge in [-0.05, 0) is 63.4 Å². The van der Waals surface area contributed by atoms with Gasteiger partial charge in [-0.2, -0.15) is 0 Å². The number of hydrogen-bond acceptors (Lipinski definition) is 4. The summed E-state index contributed by atoms with van der Waals surface area (Å²) in [5.41, 5.74) is 3.62. The summed E-state index contributed by atoms with van der Waals surface area (Å²) in [7, 11) is -0.995. The number of methoxy groups -OCH3 is 1. The first kappa shape index (κ1) is 18.2. The monoisotopic (exact) mass is 312 g/mol. The molecule has 0 N–H and O–H groups in total. The summed E-state index contributed by atoms with van der Waals surface area (Å²) in [5, 5.41) is 0. The molecule has 0 bridgehead atoms. The van der Waals surface area contributed by atoms with E-state index in [1.165, 1.54) is 16.7 Å². The van der Waals surface area contributed by atoms with Gasteiger partial charge in [-0.3, -0.25) is 0 Å². The molecule has 1 aromatic rings. The lowest BCUT2D eigenvalue weighted by Crippen LogP contribution is -2.48. The lowest BCUT2D eigenvalue weighted by molar-refractivity contribution is 0.0703. The molecule has 0 radical (unpaired) electrons. The molecule has 0 amide bonds. The van der Waals surface area contributed by atoms with E-state index in [1.54, 1.807) is 7.11 Å². The number of hydrogen-bond donors (Lipinski definition) is 0. The molecule has 1 rings (SSSR count). The Balaban J connectivity index is 3.14. The highest BCUT2D eigenvalue weighted by molar-refractivity contribution is 6.60. The second-order valence-corrected chi connectivity index (χ2v) is 7.47. The van der Waals surface area contributed by atoms with Gasteiger partial charge in [-0.15, -0.1) is 0 Å². The van der Waals surface area contributed by atoms with Crippen LogP contribution in [0.1, 0.15) is 37.5 Å². The van der Waals surface area contributed by atoms with Crippen molar-refractivity contribution in [2.45, 2.75) is 40.7 Å². The fourth-order valence-electron chi connectivity index (χ4n) is 2.37. The van der Waals surface area contributed by atoms with Crippen molar-refractivity contribution in [2.75, 3.05) is 26.9 Å². The van der Waals surface area contributed by atoms with Crippen molar-refractivity contribution in [2.24, 2.45) is 0 Å². The van der Waals surface area contributed by atoms with Crippen molar-refractivity contribution in [3.05, 3.63) is 28.8 Å². The van der Waals surface area contributed by atoms with E-state index in [0.29, 0.717) is 25.9 Å². The van der Waals surface area contributed by atoms with Crippen LogP contribution in [0.2, 0.25) is 0 Å². The third-order valence-electron chi connectivity index (χ3n) is 3.48. The maximum atomic E-state index is 5.94. The third-order valence-corrected chi connectivity index (χ3v) is 6.48. The standard InChI is InChI=1S/C16H28O4Si/c1-7-18-21(19-8-2,20-9-3)12-15-11-16(17-6)10-13(4)14(15)5/h10-11H,7-9,12H2,1-6H3. The Morgan fingerprint density at radius 1 is 0.905 bits per heavy atom. The molecule has 0 saturated carbocycles. The maximum absolute atomic E-state index is 5.94. The lowest BCUT2D eigenvalue weighted by Gasteiger charge is -2.29. The lowest BCUT2D eigenvalue weighted by atomic mass is 10.0. The van der Waals surface area contributed by atoms with Crippen LogP contribution >= 0.6 is 0 Å². The number of rotatable bonds is 9. The quantitative estimate of drug-likeness (QED) is 0.655. The molecule has 0 saturated heterocycles. The van der Waals surface area contributed by atoms with Crippen molar-refractivity contribution >= 4 is 8.80 Å².